The van der Waals surface area contributed by atoms with Crippen LogP contribution in [0.4, 0.5) is 5.95 Å². The number of amidine groups is 1. The molecule has 2 aromatic heterocycles. The summed E-state index contributed by atoms with van der Waals surface area (Å²) in [7, 11) is 0. The summed E-state index contributed by atoms with van der Waals surface area (Å²) in [5, 5.41) is 16.4. The maximum absolute atomic E-state index is 13.1. The van der Waals surface area contributed by atoms with Crippen molar-refractivity contribution in [1.29, 1.82) is 0 Å². The molecule has 3 aliphatic rings. The van der Waals surface area contributed by atoms with Gasteiger partial charge < -0.3 is 0 Å². The molecule has 0 fully saturated rings. The number of nitrogens with zero attached hydrogens (tertiary/aromatic N) is 5. The average molecular weight is 787 g/mol. The van der Waals surface area contributed by atoms with Gasteiger partial charge in [0.15, 0.2) is 28.1 Å². The van der Waals surface area contributed by atoms with Gasteiger partial charge in [-0.1, -0.05) is 100 Å². The smallest absolute Gasteiger partial charge is 0.241 e. The van der Waals surface area contributed by atoms with Crippen LogP contribution in [0.1, 0.15) is 70.1 Å². The number of thiophene rings is 1. The van der Waals surface area contributed by atoms with Gasteiger partial charge in [-0.2, -0.15) is 5.10 Å². The third-order valence-electron chi connectivity index (χ3n) is 8.56. The van der Waals surface area contributed by atoms with Gasteiger partial charge in [0, 0.05) is 30.5 Å². The fourth-order valence-corrected chi connectivity index (χ4v) is 9.75. The Hall–Kier alpha value is -2.45. The van der Waals surface area contributed by atoms with Crippen molar-refractivity contribution in [2.24, 2.45) is 16.4 Å². The first-order valence-electron chi connectivity index (χ1n) is 14.6. The summed E-state index contributed by atoms with van der Waals surface area (Å²) in [6.45, 7) is 7.00. The van der Waals surface area contributed by atoms with Gasteiger partial charge >= 0.3 is 0 Å². The van der Waals surface area contributed by atoms with Crippen LogP contribution in [0.3, 0.4) is 0 Å². The van der Waals surface area contributed by atoms with Gasteiger partial charge in [-0.3, -0.25) is 19.9 Å². The van der Waals surface area contributed by atoms with Gasteiger partial charge in [-0.15, -0.1) is 21.5 Å². The summed E-state index contributed by atoms with van der Waals surface area (Å²) in [6, 6.07) is 14.8. The first-order chi connectivity index (χ1) is 21.6. The highest BCUT2D eigenvalue weighted by atomic mass is 79.9. The number of fused-ring (bicyclic) bond motifs is 8. The van der Waals surface area contributed by atoms with E-state index in [1.807, 2.05) is 59.9 Å². The van der Waals surface area contributed by atoms with Gasteiger partial charge in [0.05, 0.1) is 11.5 Å². The zero-order chi connectivity index (χ0) is 31.5. The summed E-state index contributed by atoms with van der Waals surface area (Å²) in [6.07, 6.45) is 2.95. The first kappa shape index (κ1) is 31.2. The second kappa shape index (κ2) is 12.3. The summed E-state index contributed by atoms with van der Waals surface area (Å²) in [5.41, 5.74) is 7.51. The van der Waals surface area contributed by atoms with Gasteiger partial charge in [-0.05, 0) is 60.4 Å². The second-order valence-corrected chi connectivity index (χ2v) is 17.2. The van der Waals surface area contributed by atoms with Crippen LogP contribution in [0.5, 0.6) is 0 Å². The number of rotatable bonds is 7. The minimum Gasteiger partial charge on any atom is -0.293 e. The van der Waals surface area contributed by atoms with E-state index in [1.54, 1.807) is 0 Å². The standard InChI is InChI=1S/C32H30Br2N6O2S3/c1-32(2,3)19-8-13-22-25(14-19)45-28-26(22)27-35-37-30(43-15-23(41)17-4-9-20(33)10-5-17)39(27)29-36-38-31(40(28)29)44-16-24(42)18-6-11-21(34)12-7-18/h4-7,9-12,19,27,35H,8,13-16H2,1-3H3/t19-,27?/m1/s1. The Kier molecular flexibility index (Phi) is 8.51. The van der Waals surface area contributed by atoms with Crippen LogP contribution < -0.4 is 10.3 Å². The molecular formula is C32H30Br2N6O2S3. The van der Waals surface area contributed by atoms with Gasteiger partial charge in [0.25, 0.3) is 0 Å². The van der Waals surface area contributed by atoms with E-state index in [4.69, 9.17) is 5.10 Å². The molecule has 0 radical (unpaired) electrons. The highest BCUT2D eigenvalue weighted by Crippen LogP contribution is 2.51. The Morgan fingerprint density at radius 3 is 2.20 bits per heavy atom. The van der Waals surface area contributed by atoms with Crippen LogP contribution in [0.25, 0.3) is 5.00 Å². The lowest BCUT2D eigenvalue weighted by molar-refractivity contribution is 0.101. The Labute approximate surface area is 291 Å². The van der Waals surface area contributed by atoms with E-state index in [1.165, 1.54) is 39.5 Å². The molecule has 1 aliphatic carbocycles. The minimum atomic E-state index is -0.226. The summed E-state index contributed by atoms with van der Waals surface area (Å²) in [5.74, 6) is 1.79. The second-order valence-electron chi connectivity index (χ2n) is 12.4. The molecule has 0 saturated carbocycles. The molecule has 0 bridgehead atoms. The summed E-state index contributed by atoms with van der Waals surface area (Å²) in [4.78, 5) is 29.6. The third-order valence-corrected chi connectivity index (χ3v) is 12.8. The van der Waals surface area contributed by atoms with E-state index in [0.29, 0.717) is 33.3 Å². The van der Waals surface area contributed by atoms with Crippen LogP contribution in [-0.4, -0.2) is 43.0 Å². The van der Waals surface area contributed by atoms with Gasteiger partial charge in [0.2, 0.25) is 5.95 Å². The van der Waals surface area contributed by atoms with E-state index in [2.05, 4.69) is 77.7 Å². The highest BCUT2D eigenvalue weighted by Gasteiger charge is 2.45. The van der Waals surface area contributed by atoms with E-state index < -0.39 is 0 Å². The number of carbonyl (C=O) groups excluding carboxylic acids is 2. The van der Waals surface area contributed by atoms with Crippen LogP contribution >= 0.6 is 66.7 Å². The number of hydrogen-bond donors (Lipinski definition) is 1. The zero-order valence-electron chi connectivity index (χ0n) is 24.8. The number of halogens is 2. The van der Waals surface area contributed by atoms with Crippen molar-refractivity contribution in [2.45, 2.75) is 51.4 Å². The molecule has 2 aromatic carbocycles. The SMILES string of the molecule is CC(C)(C)[C@@H]1CCc2c(sc3c2C2NN=C(SCC(=O)c4ccc(Br)cc4)N2c2nnc(SCC(=O)c4ccc(Br)cc4)n2-3)C1. The number of aromatic nitrogens is 3. The number of nitrogens with one attached hydrogen (secondary N) is 1. The van der Waals surface area contributed by atoms with E-state index in [-0.39, 0.29) is 34.7 Å². The van der Waals surface area contributed by atoms with Crippen molar-refractivity contribution >= 4 is 89.4 Å². The van der Waals surface area contributed by atoms with Crippen LogP contribution in [0.15, 0.2) is 67.7 Å². The average Bonchev–Trinajstić information content (AvgIpc) is 3.73. The molecule has 2 aliphatic heterocycles. The molecular weight excluding hydrogens is 756 g/mol. The molecule has 1 N–H and O–H groups in total. The molecule has 7 rings (SSSR count). The lowest BCUT2D eigenvalue weighted by atomic mass is 9.72. The Bertz CT molecular complexity index is 1830. The normalized spacial score (nSPS) is 18.4. The molecule has 0 amide bonds. The zero-order valence-corrected chi connectivity index (χ0v) is 30.5. The minimum absolute atomic E-state index is 0.0293. The van der Waals surface area contributed by atoms with Crippen molar-refractivity contribution < 1.29 is 9.59 Å². The monoisotopic (exact) mass is 784 g/mol. The lowest BCUT2D eigenvalue weighted by Gasteiger charge is -2.35. The number of ketones is 2. The largest absolute Gasteiger partial charge is 0.293 e. The molecule has 13 heteroatoms. The number of anilines is 1. The first-order valence-corrected chi connectivity index (χ1v) is 19.0. The topological polar surface area (TPSA) is 92.5 Å². The predicted octanol–water partition coefficient (Wildman–Crippen LogP) is 8.29. The maximum Gasteiger partial charge on any atom is 0.241 e. The van der Waals surface area contributed by atoms with Crippen LogP contribution in [0.2, 0.25) is 0 Å². The Morgan fingerprint density at radius 1 is 0.956 bits per heavy atom. The quantitative estimate of drug-likeness (QED) is 0.148. The van der Waals surface area contributed by atoms with Crippen molar-refractivity contribution in [1.82, 2.24) is 20.2 Å². The van der Waals surface area contributed by atoms with Crippen molar-refractivity contribution in [2.75, 3.05) is 16.4 Å². The molecule has 8 nitrogen and oxygen atoms in total. The van der Waals surface area contributed by atoms with Gasteiger partial charge in [-0.25, -0.2) is 4.57 Å². The lowest BCUT2D eigenvalue weighted by Crippen LogP contribution is -2.38. The van der Waals surface area contributed by atoms with Crippen LogP contribution in [0, 0.1) is 11.3 Å². The number of thioether (sulfide) groups is 2. The van der Waals surface area contributed by atoms with E-state index >= 15 is 0 Å². The highest BCUT2D eigenvalue weighted by molar-refractivity contribution is 9.10. The van der Waals surface area contributed by atoms with Crippen LogP contribution in [-0.2, 0) is 12.8 Å². The van der Waals surface area contributed by atoms with Crippen molar-refractivity contribution in [3.05, 3.63) is 84.6 Å². The fourth-order valence-electron chi connectivity index (χ4n) is 6.01. The van der Waals surface area contributed by atoms with Crippen molar-refractivity contribution in [3.8, 4) is 5.00 Å². The molecule has 0 saturated heterocycles. The number of benzene rings is 2. The molecule has 4 heterocycles. The predicted molar refractivity (Wildman–Crippen MR) is 190 cm³/mol. The maximum atomic E-state index is 13.1. The van der Waals surface area contributed by atoms with Gasteiger partial charge in [0.1, 0.15) is 5.00 Å². The molecule has 2 atom stereocenters. The Balaban J connectivity index is 1.21. The number of Topliss-reactive ketones (excluding diaryl/α,β-unsaturated/α-hetero) is 2. The van der Waals surface area contributed by atoms with E-state index in [9.17, 15) is 9.59 Å². The van der Waals surface area contributed by atoms with E-state index in [0.717, 1.165) is 33.2 Å². The number of hydrazone groups is 1. The third kappa shape index (κ3) is 5.95. The number of carbonyl (C=O) groups is 2. The molecule has 0 spiro atoms. The molecule has 4 aromatic rings. The molecule has 45 heavy (non-hydrogen) atoms. The fraction of sp³-hybridized carbons (Fsp3) is 0.344. The summed E-state index contributed by atoms with van der Waals surface area (Å²) < 4.78 is 3.96. The number of hydrogen-bond acceptors (Lipinski definition) is 10. The van der Waals surface area contributed by atoms with Crippen molar-refractivity contribution in [3.63, 3.8) is 0 Å². The molecule has 1 unspecified atom stereocenters. The Morgan fingerprint density at radius 2 is 1.58 bits per heavy atom. The molecule has 232 valence electrons. The summed E-state index contributed by atoms with van der Waals surface area (Å²) >= 11 is 11.5.